The van der Waals surface area contributed by atoms with E-state index in [9.17, 15) is 4.79 Å². The number of amidine groups is 1. The second-order valence-corrected chi connectivity index (χ2v) is 9.40. The van der Waals surface area contributed by atoms with Crippen LogP contribution < -0.4 is 0 Å². The molecule has 0 N–H and O–H groups in total. The molecule has 1 heterocycles. The zero-order chi connectivity index (χ0) is 17.9. The van der Waals surface area contributed by atoms with Crippen LogP contribution in [-0.4, -0.2) is 28.3 Å². The monoisotopic (exact) mass is 358 g/mol. The Morgan fingerprint density at radius 2 is 1.80 bits per heavy atom. The Morgan fingerprint density at radius 3 is 2.44 bits per heavy atom. The highest BCUT2D eigenvalue weighted by Gasteiger charge is 2.35. The Labute approximate surface area is 156 Å². The number of carbonyl (C=O) groups is 1. The van der Waals surface area contributed by atoms with Gasteiger partial charge in [-0.1, -0.05) is 50.7 Å². The molecule has 0 atom stereocenters. The lowest BCUT2D eigenvalue weighted by atomic mass is 9.69. The zero-order valence-electron chi connectivity index (χ0n) is 15.7. The van der Waals surface area contributed by atoms with E-state index in [0.29, 0.717) is 11.3 Å². The standard InChI is InChI=1S/C21H30N2OS/c1-21(2,3)17-12-10-16(11-13-17)19(24)23-14-7-15-25-20(23)22-18-8-5-4-6-9-18/h4-6,8-9,16-17H,7,10-15H2,1-3H3. The number of thioether (sulfide) groups is 1. The van der Waals surface area contributed by atoms with Crippen LogP contribution in [0, 0.1) is 17.3 Å². The Balaban J connectivity index is 1.69. The average molecular weight is 359 g/mol. The molecule has 0 bridgehead atoms. The predicted octanol–water partition coefficient (Wildman–Crippen LogP) is 5.49. The number of hydrogen-bond donors (Lipinski definition) is 0. The third-order valence-electron chi connectivity index (χ3n) is 5.54. The molecule has 0 spiro atoms. The number of para-hydroxylation sites is 1. The lowest BCUT2D eigenvalue weighted by Crippen LogP contribution is -2.44. The van der Waals surface area contributed by atoms with Crippen molar-refractivity contribution < 1.29 is 4.79 Å². The summed E-state index contributed by atoms with van der Waals surface area (Å²) in [6.07, 6.45) is 5.46. The first-order chi connectivity index (χ1) is 11.9. The van der Waals surface area contributed by atoms with Gasteiger partial charge >= 0.3 is 0 Å². The van der Waals surface area contributed by atoms with Crippen LogP contribution in [0.1, 0.15) is 52.9 Å². The van der Waals surface area contributed by atoms with Gasteiger partial charge in [0.25, 0.3) is 0 Å². The molecule has 1 saturated heterocycles. The summed E-state index contributed by atoms with van der Waals surface area (Å²) in [5.74, 6) is 2.27. The Hall–Kier alpha value is -1.29. The van der Waals surface area contributed by atoms with E-state index >= 15 is 0 Å². The Morgan fingerprint density at radius 1 is 1.12 bits per heavy atom. The third-order valence-corrected chi connectivity index (χ3v) is 6.60. The first-order valence-corrected chi connectivity index (χ1v) is 10.5. The lowest BCUT2D eigenvalue weighted by Gasteiger charge is -2.38. The van der Waals surface area contributed by atoms with Gasteiger partial charge in [-0.05, 0) is 55.6 Å². The summed E-state index contributed by atoms with van der Waals surface area (Å²) in [5.41, 5.74) is 1.29. The minimum Gasteiger partial charge on any atom is -0.291 e. The molecule has 0 unspecified atom stereocenters. The molecule has 1 aromatic carbocycles. The van der Waals surface area contributed by atoms with E-state index in [-0.39, 0.29) is 5.92 Å². The molecule has 136 valence electrons. The molecule has 1 aliphatic heterocycles. The first kappa shape index (κ1) is 18.5. The zero-order valence-corrected chi connectivity index (χ0v) is 16.5. The quantitative estimate of drug-likeness (QED) is 0.700. The molecule has 1 aliphatic carbocycles. The number of rotatable bonds is 2. The van der Waals surface area contributed by atoms with Crippen molar-refractivity contribution in [1.29, 1.82) is 0 Å². The normalized spacial score (nSPS) is 26.7. The highest BCUT2D eigenvalue weighted by Crippen LogP contribution is 2.40. The van der Waals surface area contributed by atoms with Crippen molar-refractivity contribution in [2.75, 3.05) is 12.3 Å². The highest BCUT2D eigenvalue weighted by atomic mass is 32.2. The van der Waals surface area contributed by atoms with Crippen molar-refractivity contribution >= 4 is 28.5 Å². The van der Waals surface area contributed by atoms with Crippen LogP contribution in [0.5, 0.6) is 0 Å². The molecule has 1 aromatic rings. The van der Waals surface area contributed by atoms with E-state index in [2.05, 4.69) is 20.8 Å². The van der Waals surface area contributed by atoms with Gasteiger partial charge in [0.05, 0.1) is 5.69 Å². The van der Waals surface area contributed by atoms with Gasteiger partial charge in [-0.15, -0.1) is 0 Å². The second kappa shape index (κ2) is 7.94. The summed E-state index contributed by atoms with van der Waals surface area (Å²) in [4.78, 5) is 19.9. The molecule has 2 aliphatic rings. The Kier molecular flexibility index (Phi) is 5.88. The molecular formula is C21H30N2OS. The molecule has 3 nitrogen and oxygen atoms in total. The smallest absolute Gasteiger partial charge is 0.231 e. The summed E-state index contributed by atoms with van der Waals surface area (Å²) in [6, 6.07) is 9.98. The van der Waals surface area contributed by atoms with Gasteiger partial charge in [0, 0.05) is 18.2 Å². The van der Waals surface area contributed by atoms with Crippen molar-refractivity contribution in [3.63, 3.8) is 0 Å². The SMILES string of the molecule is CC(C)(C)C1CCC(C(=O)N2CCCSC2=Nc2ccccc2)CC1. The Bertz CT molecular complexity index is 613. The number of benzene rings is 1. The van der Waals surface area contributed by atoms with Crippen LogP contribution in [0.3, 0.4) is 0 Å². The van der Waals surface area contributed by atoms with Crippen LogP contribution in [0.2, 0.25) is 0 Å². The van der Waals surface area contributed by atoms with E-state index in [1.807, 2.05) is 35.2 Å². The molecule has 1 amide bonds. The van der Waals surface area contributed by atoms with Gasteiger partial charge in [-0.3, -0.25) is 9.69 Å². The molecule has 0 radical (unpaired) electrons. The number of aliphatic imine (C=N–C) groups is 1. The largest absolute Gasteiger partial charge is 0.291 e. The van der Waals surface area contributed by atoms with E-state index < -0.39 is 0 Å². The molecule has 0 aromatic heterocycles. The van der Waals surface area contributed by atoms with Gasteiger partial charge < -0.3 is 0 Å². The van der Waals surface area contributed by atoms with Gasteiger partial charge in [0.2, 0.25) is 5.91 Å². The van der Waals surface area contributed by atoms with Gasteiger partial charge in [0.1, 0.15) is 0 Å². The fourth-order valence-corrected chi connectivity index (χ4v) is 4.86. The summed E-state index contributed by atoms with van der Waals surface area (Å²) >= 11 is 1.72. The molecule has 3 rings (SSSR count). The van der Waals surface area contributed by atoms with Crippen molar-refractivity contribution in [2.24, 2.45) is 22.2 Å². The van der Waals surface area contributed by atoms with Crippen LogP contribution in [0.15, 0.2) is 35.3 Å². The van der Waals surface area contributed by atoms with E-state index in [1.165, 1.54) is 12.8 Å². The third kappa shape index (κ3) is 4.66. The van der Waals surface area contributed by atoms with Crippen molar-refractivity contribution in [3.8, 4) is 0 Å². The molecular weight excluding hydrogens is 328 g/mol. The maximum absolute atomic E-state index is 13.1. The van der Waals surface area contributed by atoms with Crippen LogP contribution in [-0.2, 0) is 4.79 Å². The highest BCUT2D eigenvalue weighted by molar-refractivity contribution is 8.13. The summed E-state index contributed by atoms with van der Waals surface area (Å²) in [6.45, 7) is 7.79. The van der Waals surface area contributed by atoms with Gasteiger partial charge in [-0.2, -0.15) is 0 Å². The second-order valence-electron chi connectivity index (χ2n) is 8.34. The lowest BCUT2D eigenvalue weighted by molar-refractivity contribution is -0.133. The van der Waals surface area contributed by atoms with Gasteiger partial charge in [-0.25, -0.2) is 4.99 Å². The van der Waals surface area contributed by atoms with Crippen molar-refractivity contribution in [2.45, 2.75) is 52.9 Å². The van der Waals surface area contributed by atoms with Crippen LogP contribution in [0.4, 0.5) is 5.69 Å². The number of carbonyl (C=O) groups excluding carboxylic acids is 1. The summed E-state index contributed by atoms with van der Waals surface area (Å²) < 4.78 is 0. The van der Waals surface area contributed by atoms with Crippen LogP contribution in [0.25, 0.3) is 0 Å². The minimum atomic E-state index is 0.179. The summed E-state index contributed by atoms with van der Waals surface area (Å²) in [7, 11) is 0. The number of hydrogen-bond acceptors (Lipinski definition) is 3. The maximum Gasteiger partial charge on any atom is 0.231 e. The molecule has 4 heteroatoms. The van der Waals surface area contributed by atoms with Gasteiger partial charge in [0.15, 0.2) is 5.17 Å². The fraction of sp³-hybridized carbons (Fsp3) is 0.619. The number of nitrogens with zero attached hydrogens (tertiary/aromatic N) is 2. The topological polar surface area (TPSA) is 32.7 Å². The molecule has 2 fully saturated rings. The van der Waals surface area contributed by atoms with Crippen LogP contribution >= 0.6 is 11.8 Å². The van der Waals surface area contributed by atoms with Crippen molar-refractivity contribution in [1.82, 2.24) is 4.90 Å². The molecule has 25 heavy (non-hydrogen) atoms. The van der Waals surface area contributed by atoms with E-state index in [1.54, 1.807) is 11.8 Å². The fourth-order valence-electron chi connectivity index (χ4n) is 3.90. The predicted molar refractivity (Wildman–Crippen MR) is 107 cm³/mol. The molecule has 1 saturated carbocycles. The average Bonchev–Trinajstić information content (AvgIpc) is 2.62. The first-order valence-electron chi connectivity index (χ1n) is 9.53. The maximum atomic E-state index is 13.1. The summed E-state index contributed by atoms with van der Waals surface area (Å²) in [5, 5.41) is 0.889. The minimum absolute atomic E-state index is 0.179. The van der Waals surface area contributed by atoms with E-state index in [0.717, 1.165) is 48.3 Å². The van der Waals surface area contributed by atoms with E-state index in [4.69, 9.17) is 4.99 Å². The number of amides is 1. The van der Waals surface area contributed by atoms with Crippen molar-refractivity contribution in [3.05, 3.63) is 30.3 Å².